The number of benzene rings is 1. The number of nitrogens with zero attached hydrogens (tertiary/aromatic N) is 2. The molecule has 1 N–H and O–H groups in total. The molecule has 114 valence electrons. The first-order valence-electron chi connectivity index (χ1n) is 7.27. The van der Waals surface area contributed by atoms with Crippen molar-refractivity contribution in [1.29, 1.82) is 0 Å². The molecule has 21 heavy (non-hydrogen) atoms. The van der Waals surface area contributed by atoms with Gasteiger partial charge in [0.1, 0.15) is 11.6 Å². The minimum Gasteiger partial charge on any atom is -0.494 e. The summed E-state index contributed by atoms with van der Waals surface area (Å²) in [5, 5.41) is 3.13. The molecule has 5 nitrogen and oxygen atoms in total. The first kappa shape index (κ1) is 14.1. The molecule has 2 heterocycles. The first-order chi connectivity index (χ1) is 10.2. The van der Waals surface area contributed by atoms with Crippen molar-refractivity contribution in [3.63, 3.8) is 0 Å². The number of hydrogen-bond acceptors (Lipinski definition) is 4. The van der Waals surface area contributed by atoms with Gasteiger partial charge in [-0.25, -0.2) is 4.39 Å². The smallest absolute Gasteiger partial charge is 0.228 e. The topological polar surface area (TPSA) is 44.8 Å². The molecule has 6 heteroatoms. The van der Waals surface area contributed by atoms with Gasteiger partial charge in [-0.15, -0.1) is 0 Å². The fourth-order valence-corrected chi connectivity index (χ4v) is 2.80. The highest BCUT2D eigenvalue weighted by atomic mass is 19.1. The van der Waals surface area contributed by atoms with E-state index in [0.717, 1.165) is 31.9 Å². The Morgan fingerprint density at radius 3 is 2.57 bits per heavy atom. The normalized spacial score (nSPS) is 19.3. The van der Waals surface area contributed by atoms with Crippen LogP contribution in [0.1, 0.15) is 0 Å². The van der Waals surface area contributed by atoms with E-state index in [9.17, 15) is 9.18 Å². The van der Waals surface area contributed by atoms with E-state index in [1.165, 1.54) is 12.1 Å². The van der Waals surface area contributed by atoms with Crippen molar-refractivity contribution in [3.8, 4) is 5.75 Å². The molecule has 0 radical (unpaired) electrons. The lowest BCUT2D eigenvalue weighted by atomic mass is 10.0. The van der Waals surface area contributed by atoms with Gasteiger partial charge in [0.2, 0.25) is 5.91 Å². The Balaban J connectivity index is 1.64. The molecule has 0 unspecified atom stereocenters. The Kier molecular flexibility index (Phi) is 3.96. The SMILES string of the molecule is COc1cc(F)ccc1N1CCN(C(=O)C2CNC2)CC1. The predicted molar refractivity (Wildman–Crippen MR) is 78.1 cm³/mol. The van der Waals surface area contributed by atoms with Crippen LogP contribution >= 0.6 is 0 Å². The molecular weight excluding hydrogens is 273 g/mol. The zero-order chi connectivity index (χ0) is 14.8. The number of ether oxygens (including phenoxy) is 1. The predicted octanol–water partition coefficient (Wildman–Crippen LogP) is 0.702. The molecular formula is C15H20FN3O2. The fraction of sp³-hybridized carbons (Fsp3) is 0.533. The van der Waals surface area contributed by atoms with Gasteiger partial charge in [0.05, 0.1) is 18.7 Å². The highest BCUT2D eigenvalue weighted by Crippen LogP contribution is 2.29. The molecule has 2 saturated heterocycles. The van der Waals surface area contributed by atoms with Gasteiger partial charge in [-0.2, -0.15) is 0 Å². The second-order valence-corrected chi connectivity index (χ2v) is 5.48. The summed E-state index contributed by atoms with van der Waals surface area (Å²) in [6, 6.07) is 4.57. The van der Waals surface area contributed by atoms with Crippen molar-refractivity contribution in [2.24, 2.45) is 5.92 Å². The largest absolute Gasteiger partial charge is 0.494 e. The molecule has 0 atom stereocenters. The zero-order valence-electron chi connectivity index (χ0n) is 12.1. The quantitative estimate of drug-likeness (QED) is 0.891. The van der Waals surface area contributed by atoms with Crippen LogP contribution in [0.5, 0.6) is 5.75 Å². The number of carbonyl (C=O) groups is 1. The van der Waals surface area contributed by atoms with E-state index in [-0.39, 0.29) is 17.6 Å². The van der Waals surface area contributed by atoms with Crippen LogP contribution in [0.3, 0.4) is 0 Å². The van der Waals surface area contributed by atoms with E-state index in [1.54, 1.807) is 13.2 Å². The van der Waals surface area contributed by atoms with Crippen LogP contribution < -0.4 is 15.0 Å². The summed E-state index contributed by atoms with van der Waals surface area (Å²) < 4.78 is 18.5. The summed E-state index contributed by atoms with van der Waals surface area (Å²) in [4.78, 5) is 16.3. The van der Waals surface area contributed by atoms with Gasteiger partial charge >= 0.3 is 0 Å². The monoisotopic (exact) mass is 293 g/mol. The third-order valence-electron chi connectivity index (χ3n) is 4.20. The molecule has 0 saturated carbocycles. The summed E-state index contributed by atoms with van der Waals surface area (Å²) in [6.45, 7) is 4.49. The second kappa shape index (κ2) is 5.89. The number of amides is 1. The van der Waals surface area contributed by atoms with Gasteiger partial charge in [-0.3, -0.25) is 4.79 Å². The van der Waals surface area contributed by atoms with Gasteiger partial charge in [-0.05, 0) is 12.1 Å². The van der Waals surface area contributed by atoms with Gasteiger partial charge < -0.3 is 19.9 Å². The maximum atomic E-state index is 13.2. The lowest BCUT2D eigenvalue weighted by molar-refractivity contribution is -0.137. The van der Waals surface area contributed by atoms with E-state index in [0.29, 0.717) is 18.8 Å². The van der Waals surface area contributed by atoms with E-state index in [2.05, 4.69) is 10.2 Å². The molecule has 0 aromatic heterocycles. The minimum atomic E-state index is -0.304. The molecule has 0 bridgehead atoms. The van der Waals surface area contributed by atoms with Crippen molar-refractivity contribution in [2.45, 2.75) is 0 Å². The maximum absolute atomic E-state index is 13.2. The van der Waals surface area contributed by atoms with Crippen molar-refractivity contribution in [3.05, 3.63) is 24.0 Å². The number of nitrogens with one attached hydrogen (secondary N) is 1. The lowest BCUT2D eigenvalue weighted by Gasteiger charge is -2.39. The van der Waals surface area contributed by atoms with Crippen LogP contribution in [0, 0.1) is 11.7 Å². The standard InChI is InChI=1S/C15H20FN3O2/c1-21-14-8-12(16)2-3-13(14)18-4-6-19(7-5-18)15(20)11-9-17-10-11/h2-3,8,11,17H,4-7,9-10H2,1H3. The van der Waals surface area contributed by atoms with Crippen LogP contribution in [0.15, 0.2) is 18.2 Å². The molecule has 3 rings (SSSR count). The number of carbonyl (C=O) groups excluding carboxylic acids is 1. The van der Waals surface area contributed by atoms with Crippen molar-refractivity contribution in [2.75, 3.05) is 51.3 Å². The lowest BCUT2D eigenvalue weighted by Crippen LogP contribution is -2.56. The third-order valence-corrected chi connectivity index (χ3v) is 4.20. The van der Waals surface area contributed by atoms with E-state index < -0.39 is 0 Å². The molecule has 0 aliphatic carbocycles. The Morgan fingerprint density at radius 2 is 2.00 bits per heavy atom. The van der Waals surface area contributed by atoms with E-state index >= 15 is 0 Å². The zero-order valence-corrected chi connectivity index (χ0v) is 12.1. The van der Waals surface area contributed by atoms with Crippen LogP contribution in [0.25, 0.3) is 0 Å². The third kappa shape index (κ3) is 2.81. The van der Waals surface area contributed by atoms with Gasteiger partial charge in [-0.1, -0.05) is 0 Å². The number of hydrogen-bond donors (Lipinski definition) is 1. The van der Waals surface area contributed by atoms with E-state index in [4.69, 9.17) is 4.74 Å². The number of methoxy groups -OCH3 is 1. The molecule has 2 aliphatic rings. The summed E-state index contributed by atoms with van der Waals surface area (Å²) in [7, 11) is 1.54. The van der Waals surface area contributed by atoms with Crippen LogP contribution in [-0.2, 0) is 4.79 Å². The van der Waals surface area contributed by atoms with Gasteiger partial charge in [0.15, 0.2) is 0 Å². The highest BCUT2D eigenvalue weighted by molar-refractivity contribution is 5.80. The van der Waals surface area contributed by atoms with Crippen LogP contribution in [-0.4, -0.2) is 57.2 Å². The maximum Gasteiger partial charge on any atom is 0.228 e. The molecule has 2 fully saturated rings. The molecule has 1 amide bonds. The Labute approximate surface area is 123 Å². The molecule has 1 aromatic rings. The van der Waals surface area contributed by atoms with Gasteiger partial charge in [0.25, 0.3) is 0 Å². The van der Waals surface area contributed by atoms with Crippen molar-refractivity contribution >= 4 is 11.6 Å². The highest BCUT2D eigenvalue weighted by Gasteiger charge is 2.31. The van der Waals surface area contributed by atoms with Crippen LogP contribution in [0.2, 0.25) is 0 Å². The first-order valence-corrected chi connectivity index (χ1v) is 7.27. The number of anilines is 1. The van der Waals surface area contributed by atoms with Gasteiger partial charge in [0, 0.05) is 45.3 Å². The van der Waals surface area contributed by atoms with Crippen molar-refractivity contribution < 1.29 is 13.9 Å². The number of halogens is 1. The fourth-order valence-electron chi connectivity index (χ4n) is 2.80. The summed E-state index contributed by atoms with van der Waals surface area (Å²) in [5.41, 5.74) is 0.885. The summed E-state index contributed by atoms with van der Waals surface area (Å²) >= 11 is 0. The second-order valence-electron chi connectivity index (χ2n) is 5.48. The average molecular weight is 293 g/mol. The summed E-state index contributed by atoms with van der Waals surface area (Å²) in [5.74, 6) is 0.635. The van der Waals surface area contributed by atoms with Crippen LogP contribution in [0.4, 0.5) is 10.1 Å². The number of piperazine rings is 1. The Morgan fingerprint density at radius 1 is 1.29 bits per heavy atom. The average Bonchev–Trinajstić information content (AvgIpc) is 2.45. The Hall–Kier alpha value is -1.82. The molecule has 2 aliphatic heterocycles. The van der Waals surface area contributed by atoms with E-state index in [1.807, 2.05) is 4.90 Å². The Bertz CT molecular complexity index is 526. The summed E-state index contributed by atoms with van der Waals surface area (Å²) in [6.07, 6.45) is 0. The minimum absolute atomic E-state index is 0.150. The molecule has 0 spiro atoms. The number of rotatable bonds is 3. The van der Waals surface area contributed by atoms with Crippen molar-refractivity contribution in [1.82, 2.24) is 10.2 Å². The molecule has 1 aromatic carbocycles.